The Kier molecular flexibility index (Phi) is 5.36. The lowest BCUT2D eigenvalue weighted by Gasteiger charge is -2.23. The predicted octanol–water partition coefficient (Wildman–Crippen LogP) is 2.83. The minimum absolute atomic E-state index is 0.00606. The molecule has 1 amide bonds. The molecule has 2 aromatic rings. The summed E-state index contributed by atoms with van der Waals surface area (Å²) >= 11 is 1.75. The van der Waals surface area contributed by atoms with Gasteiger partial charge in [-0.1, -0.05) is 6.07 Å². The zero-order valence-electron chi connectivity index (χ0n) is 12.4. The van der Waals surface area contributed by atoms with Gasteiger partial charge in [-0.15, -0.1) is 11.3 Å². The van der Waals surface area contributed by atoms with Crippen molar-refractivity contribution in [3.8, 4) is 0 Å². The number of nitrogens with two attached hydrogens (primary N) is 1. The van der Waals surface area contributed by atoms with Gasteiger partial charge in [0.25, 0.3) is 0 Å². The van der Waals surface area contributed by atoms with E-state index in [1.165, 1.54) is 4.88 Å². The van der Waals surface area contributed by atoms with Crippen molar-refractivity contribution in [2.45, 2.75) is 19.4 Å². The third-order valence-corrected chi connectivity index (χ3v) is 4.45. The Balaban J connectivity index is 1.84. The first kappa shape index (κ1) is 15.5. The van der Waals surface area contributed by atoms with Crippen LogP contribution in [0.5, 0.6) is 0 Å². The highest BCUT2D eigenvalue weighted by atomic mass is 32.1. The van der Waals surface area contributed by atoms with Crippen molar-refractivity contribution < 1.29 is 4.79 Å². The molecule has 0 aliphatic heterocycles. The Morgan fingerprint density at radius 1 is 1.33 bits per heavy atom. The first-order valence-electron chi connectivity index (χ1n) is 6.95. The van der Waals surface area contributed by atoms with Gasteiger partial charge in [0, 0.05) is 22.8 Å². The van der Waals surface area contributed by atoms with Crippen molar-refractivity contribution in [1.29, 1.82) is 0 Å². The highest BCUT2D eigenvalue weighted by Crippen LogP contribution is 2.13. The maximum atomic E-state index is 12.2. The minimum Gasteiger partial charge on any atom is -0.399 e. The molecular formula is C16H21N3OS. The molecule has 5 heteroatoms. The summed E-state index contributed by atoms with van der Waals surface area (Å²) in [5.41, 5.74) is 7.09. The van der Waals surface area contributed by atoms with Gasteiger partial charge in [-0.25, -0.2) is 0 Å². The molecule has 4 nitrogen and oxygen atoms in total. The maximum absolute atomic E-state index is 12.2. The van der Waals surface area contributed by atoms with Crippen molar-refractivity contribution in [2.24, 2.45) is 0 Å². The van der Waals surface area contributed by atoms with Gasteiger partial charge in [-0.05, 0) is 56.1 Å². The van der Waals surface area contributed by atoms with E-state index >= 15 is 0 Å². The quantitative estimate of drug-likeness (QED) is 0.807. The smallest absolute Gasteiger partial charge is 0.241 e. The molecule has 1 atom stereocenters. The molecule has 0 radical (unpaired) electrons. The first-order chi connectivity index (χ1) is 10.1. The second kappa shape index (κ2) is 7.24. The molecule has 0 spiro atoms. The number of hydrogen-bond acceptors (Lipinski definition) is 4. The van der Waals surface area contributed by atoms with E-state index in [1.54, 1.807) is 23.5 Å². The Morgan fingerprint density at radius 2 is 2.05 bits per heavy atom. The fourth-order valence-corrected chi connectivity index (χ4v) is 2.65. The van der Waals surface area contributed by atoms with E-state index in [0.717, 1.165) is 18.7 Å². The summed E-state index contributed by atoms with van der Waals surface area (Å²) in [7, 11) is 1.97. The van der Waals surface area contributed by atoms with Crippen LogP contribution in [0.3, 0.4) is 0 Å². The molecule has 0 saturated heterocycles. The summed E-state index contributed by atoms with van der Waals surface area (Å²) in [4.78, 5) is 15.6. The molecule has 0 aliphatic carbocycles. The molecule has 2 rings (SSSR count). The molecule has 0 aliphatic rings. The maximum Gasteiger partial charge on any atom is 0.241 e. The van der Waals surface area contributed by atoms with Crippen LogP contribution in [0.4, 0.5) is 11.4 Å². The lowest BCUT2D eigenvalue weighted by Crippen LogP contribution is -2.40. The molecule has 1 heterocycles. The summed E-state index contributed by atoms with van der Waals surface area (Å²) in [5, 5.41) is 4.99. The van der Waals surface area contributed by atoms with Crippen LogP contribution in [0.25, 0.3) is 0 Å². The van der Waals surface area contributed by atoms with E-state index in [2.05, 4.69) is 27.7 Å². The van der Waals surface area contributed by atoms with Gasteiger partial charge in [-0.3, -0.25) is 9.69 Å². The van der Waals surface area contributed by atoms with Gasteiger partial charge in [0.05, 0.1) is 6.04 Å². The minimum atomic E-state index is -0.178. The van der Waals surface area contributed by atoms with Gasteiger partial charge in [-0.2, -0.15) is 0 Å². The zero-order valence-corrected chi connectivity index (χ0v) is 13.2. The topological polar surface area (TPSA) is 58.4 Å². The van der Waals surface area contributed by atoms with Crippen LogP contribution in [0.1, 0.15) is 11.8 Å². The average molecular weight is 303 g/mol. The second-order valence-corrected chi connectivity index (χ2v) is 6.13. The van der Waals surface area contributed by atoms with E-state index in [1.807, 2.05) is 26.1 Å². The SMILES string of the molecule is CC(C(=O)Nc1ccc(N)cc1)N(C)CCc1cccs1. The van der Waals surface area contributed by atoms with Crippen molar-refractivity contribution in [2.75, 3.05) is 24.6 Å². The predicted molar refractivity (Wildman–Crippen MR) is 89.6 cm³/mol. The molecule has 112 valence electrons. The lowest BCUT2D eigenvalue weighted by atomic mass is 10.2. The standard InChI is InChI=1S/C16H21N3OS/c1-12(19(2)10-9-15-4-3-11-21-15)16(20)18-14-7-5-13(17)6-8-14/h3-8,11-12H,9-10,17H2,1-2H3,(H,18,20). The molecule has 3 N–H and O–H groups in total. The number of benzene rings is 1. The molecular weight excluding hydrogens is 282 g/mol. The largest absolute Gasteiger partial charge is 0.399 e. The monoisotopic (exact) mass is 303 g/mol. The fourth-order valence-electron chi connectivity index (χ4n) is 1.95. The molecule has 21 heavy (non-hydrogen) atoms. The zero-order chi connectivity index (χ0) is 15.2. The van der Waals surface area contributed by atoms with Crippen molar-refractivity contribution in [3.63, 3.8) is 0 Å². The van der Waals surface area contributed by atoms with Gasteiger partial charge in [0.1, 0.15) is 0 Å². The Bertz CT molecular complexity index is 566. The average Bonchev–Trinajstić information content (AvgIpc) is 2.99. The Hall–Kier alpha value is -1.85. The summed E-state index contributed by atoms with van der Waals surface area (Å²) < 4.78 is 0. The molecule has 1 aromatic heterocycles. The number of nitrogen functional groups attached to an aromatic ring is 1. The fraction of sp³-hybridized carbons (Fsp3) is 0.312. The van der Waals surface area contributed by atoms with Crippen LogP contribution in [0.2, 0.25) is 0 Å². The van der Waals surface area contributed by atoms with Gasteiger partial charge in [0.15, 0.2) is 0 Å². The molecule has 0 bridgehead atoms. The van der Waals surface area contributed by atoms with Crippen molar-refractivity contribution in [1.82, 2.24) is 4.90 Å². The number of thiophene rings is 1. The van der Waals surface area contributed by atoms with E-state index < -0.39 is 0 Å². The normalized spacial score (nSPS) is 12.3. The molecule has 1 unspecified atom stereocenters. The third kappa shape index (κ3) is 4.58. The van der Waals surface area contributed by atoms with E-state index in [0.29, 0.717) is 5.69 Å². The number of amides is 1. The first-order valence-corrected chi connectivity index (χ1v) is 7.83. The number of rotatable bonds is 6. The van der Waals surface area contributed by atoms with Crippen LogP contribution in [0, 0.1) is 0 Å². The Morgan fingerprint density at radius 3 is 2.67 bits per heavy atom. The van der Waals surface area contributed by atoms with E-state index in [4.69, 9.17) is 5.73 Å². The highest BCUT2D eigenvalue weighted by Gasteiger charge is 2.17. The number of likely N-dealkylation sites (N-methyl/N-ethyl adjacent to an activating group) is 1. The van der Waals surface area contributed by atoms with Gasteiger partial charge < -0.3 is 11.1 Å². The van der Waals surface area contributed by atoms with Crippen LogP contribution in [0.15, 0.2) is 41.8 Å². The number of hydrogen-bond donors (Lipinski definition) is 2. The number of anilines is 2. The molecule has 1 aromatic carbocycles. The number of nitrogens with one attached hydrogen (secondary N) is 1. The van der Waals surface area contributed by atoms with E-state index in [9.17, 15) is 4.79 Å². The number of nitrogens with zero attached hydrogens (tertiary/aromatic N) is 1. The van der Waals surface area contributed by atoms with Crippen LogP contribution in [-0.2, 0) is 11.2 Å². The van der Waals surface area contributed by atoms with Crippen LogP contribution < -0.4 is 11.1 Å². The lowest BCUT2D eigenvalue weighted by molar-refractivity contribution is -0.120. The second-order valence-electron chi connectivity index (χ2n) is 5.10. The van der Waals surface area contributed by atoms with Crippen molar-refractivity contribution >= 4 is 28.6 Å². The summed E-state index contributed by atoms with van der Waals surface area (Å²) in [6.45, 7) is 2.78. The molecule has 0 fully saturated rings. The third-order valence-electron chi connectivity index (χ3n) is 3.51. The summed E-state index contributed by atoms with van der Waals surface area (Å²) in [5.74, 6) is -0.00606. The van der Waals surface area contributed by atoms with Crippen molar-refractivity contribution in [3.05, 3.63) is 46.7 Å². The van der Waals surface area contributed by atoms with Gasteiger partial charge >= 0.3 is 0 Å². The number of carbonyl (C=O) groups is 1. The highest BCUT2D eigenvalue weighted by molar-refractivity contribution is 7.09. The summed E-state index contributed by atoms with van der Waals surface area (Å²) in [6, 6.07) is 11.2. The number of carbonyl (C=O) groups excluding carboxylic acids is 1. The summed E-state index contributed by atoms with van der Waals surface area (Å²) in [6.07, 6.45) is 0.966. The Labute approximate surface area is 129 Å². The van der Waals surface area contributed by atoms with E-state index in [-0.39, 0.29) is 11.9 Å². The molecule has 0 saturated carbocycles. The van der Waals surface area contributed by atoms with Crippen LogP contribution >= 0.6 is 11.3 Å². The van der Waals surface area contributed by atoms with Crippen LogP contribution in [-0.4, -0.2) is 30.4 Å². The van der Waals surface area contributed by atoms with Gasteiger partial charge in [0.2, 0.25) is 5.91 Å².